The van der Waals surface area contributed by atoms with Gasteiger partial charge in [-0.3, -0.25) is 4.79 Å². The second kappa shape index (κ2) is 5.05. The van der Waals surface area contributed by atoms with E-state index in [2.05, 4.69) is 6.92 Å². The summed E-state index contributed by atoms with van der Waals surface area (Å²) < 4.78 is 0. The van der Waals surface area contributed by atoms with Crippen LogP contribution in [-0.4, -0.2) is 28.2 Å². The molecule has 23 heavy (non-hydrogen) atoms. The summed E-state index contributed by atoms with van der Waals surface area (Å²) in [6, 6.07) is 0. The molecule has 3 heteroatoms. The van der Waals surface area contributed by atoms with Crippen molar-refractivity contribution in [2.45, 2.75) is 77.2 Å². The van der Waals surface area contributed by atoms with Crippen LogP contribution in [0.5, 0.6) is 0 Å². The van der Waals surface area contributed by atoms with Gasteiger partial charge in [0.1, 0.15) is 5.78 Å². The first kappa shape index (κ1) is 16.1. The summed E-state index contributed by atoms with van der Waals surface area (Å²) in [5.41, 5.74) is -0.497. The Labute approximate surface area is 139 Å². The third-order valence-corrected chi connectivity index (χ3v) is 9.04. The number of carbonyl (C=O) groups excluding carboxylic acids is 1. The maximum absolute atomic E-state index is 11.9. The van der Waals surface area contributed by atoms with Gasteiger partial charge in [0.2, 0.25) is 0 Å². The van der Waals surface area contributed by atoms with Crippen molar-refractivity contribution in [3.8, 4) is 0 Å². The van der Waals surface area contributed by atoms with Crippen molar-refractivity contribution in [3.05, 3.63) is 0 Å². The van der Waals surface area contributed by atoms with Crippen LogP contribution in [0.2, 0.25) is 0 Å². The minimum absolute atomic E-state index is 0.00734. The van der Waals surface area contributed by atoms with Gasteiger partial charge in [0, 0.05) is 24.9 Å². The van der Waals surface area contributed by atoms with Gasteiger partial charge in [-0.15, -0.1) is 0 Å². The van der Waals surface area contributed by atoms with Gasteiger partial charge in [0.05, 0.1) is 5.60 Å². The number of hydrogen-bond donors (Lipinski definition) is 2. The Morgan fingerprint density at radius 2 is 1.78 bits per heavy atom. The lowest BCUT2D eigenvalue weighted by molar-refractivity contribution is -0.166. The number of Topliss-reactive ketones (excluding diaryl/α,β-unsaturated/α-hetero) is 1. The number of aliphatic hydroxyl groups excluding tert-OH is 1. The Bertz CT molecular complexity index is 513. The first-order valence-electron chi connectivity index (χ1n) is 9.69. The molecule has 0 heterocycles. The monoisotopic (exact) mass is 320 g/mol. The molecule has 130 valence electrons. The molecule has 0 saturated heterocycles. The third-order valence-electron chi connectivity index (χ3n) is 9.04. The highest BCUT2D eigenvalue weighted by molar-refractivity contribution is 5.79. The van der Waals surface area contributed by atoms with E-state index < -0.39 is 5.60 Å². The Morgan fingerprint density at radius 3 is 2.52 bits per heavy atom. The fraction of sp³-hybridized carbons (Fsp3) is 0.950. The molecular formula is C20H32O3. The smallest absolute Gasteiger partial charge is 0.133 e. The topological polar surface area (TPSA) is 57.5 Å². The molecule has 0 aliphatic heterocycles. The highest BCUT2D eigenvalue weighted by Gasteiger charge is 2.64. The van der Waals surface area contributed by atoms with Crippen molar-refractivity contribution < 1.29 is 15.0 Å². The van der Waals surface area contributed by atoms with Gasteiger partial charge >= 0.3 is 0 Å². The summed E-state index contributed by atoms with van der Waals surface area (Å²) in [6.45, 7) is 4.61. The van der Waals surface area contributed by atoms with Gasteiger partial charge in [-0.05, 0) is 81.0 Å². The number of hydrogen-bond acceptors (Lipinski definition) is 3. The number of rotatable bonds is 1. The standard InChI is InChI=1S/C20H32O3/c1-18-8-6-17-15(16(18)7-9-19(18,2)23)4-3-13-11-14(22)5-10-20(13,17)12-21/h13,15-17,21,23H,3-12H2,1-2H3/t13-,15-,16-,17-,18-,19-,20+/m0/s1. The lowest BCUT2D eigenvalue weighted by atomic mass is 9.44. The first-order chi connectivity index (χ1) is 10.8. The summed E-state index contributed by atoms with van der Waals surface area (Å²) >= 11 is 0. The normalized spacial score (nSPS) is 55.9. The average molecular weight is 320 g/mol. The molecule has 7 atom stereocenters. The van der Waals surface area contributed by atoms with E-state index in [-0.39, 0.29) is 17.4 Å². The van der Waals surface area contributed by atoms with Gasteiger partial charge in [0.25, 0.3) is 0 Å². The largest absolute Gasteiger partial charge is 0.396 e. The second-order valence-corrected chi connectivity index (χ2v) is 9.55. The molecule has 0 amide bonds. The zero-order valence-corrected chi connectivity index (χ0v) is 14.7. The molecule has 0 spiro atoms. The van der Waals surface area contributed by atoms with Crippen LogP contribution >= 0.6 is 0 Å². The van der Waals surface area contributed by atoms with Crippen LogP contribution in [0.15, 0.2) is 0 Å². The van der Waals surface area contributed by atoms with Crippen LogP contribution in [0.25, 0.3) is 0 Å². The van der Waals surface area contributed by atoms with E-state index in [0.717, 1.165) is 38.5 Å². The first-order valence-corrected chi connectivity index (χ1v) is 9.69. The van der Waals surface area contributed by atoms with E-state index in [1.165, 1.54) is 6.42 Å². The van der Waals surface area contributed by atoms with Gasteiger partial charge in [0.15, 0.2) is 0 Å². The Kier molecular flexibility index (Phi) is 3.53. The molecule has 3 nitrogen and oxygen atoms in total. The minimum Gasteiger partial charge on any atom is -0.396 e. The van der Waals surface area contributed by atoms with Crippen LogP contribution in [0, 0.1) is 34.5 Å². The highest BCUT2D eigenvalue weighted by atomic mass is 16.3. The molecule has 0 bridgehead atoms. The van der Waals surface area contributed by atoms with Gasteiger partial charge in [-0.25, -0.2) is 0 Å². The lowest BCUT2D eigenvalue weighted by Gasteiger charge is -2.61. The zero-order chi connectivity index (χ0) is 16.5. The SMILES string of the molecule is C[C@]1(O)CC[C@H]2[C@@H]3CC[C@H]4CC(=O)CC[C@]4(CO)[C@H]3CC[C@@]21C. The van der Waals surface area contributed by atoms with Crippen molar-refractivity contribution >= 4 is 5.78 Å². The van der Waals surface area contributed by atoms with E-state index in [0.29, 0.717) is 42.3 Å². The van der Waals surface area contributed by atoms with Crippen LogP contribution in [-0.2, 0) is 4.79 Å². The van der Waals surface area contributed by atoms with Crippen molar-refractivity contribution in [1.82, 2.24) is 0 Å². The summed E-state index contributed by atoms with van der Waals surface area (Å²) in [5.74, 6) is 2.60. The Hall–Kier alpha value is -0.410. The maximum Gasteiger partial charge on any atom is 0.133 e. The van der Waals surface area contributed by atoms with Crippen LogP contribution in [0.1, 0.15) is 71.6 Å². The van der Waals surface area contributed by atoms with E-state index >= 15 is 0 Å². The maximum atomic E-state index is 11.9. The molecular weight excluding hydrogens is 288 g/mol. The van der Waals surface area contributed by atoms with E-state index in [1.807, 2.05) is 6.92 Å². The number of carbonyl (C=O) groups is 1. The molecule has 0 radical (unpaired) electrons. The molecule has 0 aromatic heterocycles. The fourth-order valence-corrected chi connectivity index (χ4v) is 7.40. The number of aliphatic hydroxyl groups is 2. The number of ketones is 1. The van der Waals surface area contributed by atoms with Crippen LogP contribution in [0.4, 0.5) is 0 Å². The van der Waals surface area contributed by atoms with Gasteiger partial charge < -0.3 is 10.2 Å². The molecule has 2 N–H and O–H groups in total. The van der Waals surface area contributed by atoms with Crippen LogP contribution in [0.3, 0.4) is 0 Å². The predicted molar refractivity (Wildman–Crippen MR) is 88.8 cm³/mol. The minimum atomic E-state index is -0.533. The summed E-state index contributed by atoms with van der Waals surface area (Å²) in [7, 11) is 0. The predicted octanol–water partition coefficient (Wildman–Crippen LogP) is 3.32. The lowest BCUT2D eigenvalue weighted by Crippen LogP contribution is -2.58. The van der Waals surface area contributed by atoms with Crippen molar-refractivity contribution in [3.63, 3.8) is 0 Å². The molecule has 4 rings (SSSR count). The van der Waals surface area contributed by atoms with Gasteiger partial charge in [-0.2, -0.15) is 0 Å². The molecule has 0 aromatic rings. The fourth-order valence-electron chi connectivity index (χ4n) is 7.40. The van der Waals surface area contributed by atoms with Crippen LogP contribution < -0.4 is 0 Å². The van der Waals surface area contributed by atoms with E-state index in [1.54, 1.807) is 0 Å². The van der Waals surface area contributed by atoms with Crippen molar-refractivity contribution in [2.24, 2.45) is 34.5 Å². The quantitative estimate of drug-likeness (QED) is 0.779. The molecule has 4 aliphatic carbocycles. The average Bonchev–Trinajstić information content (AvgIpc) is 2.77. The highest BCUT2D eigenvalue weighted by Crippen LogP contribution is 2.67. The molecule has 4 fully saturated rings. The summed E-state index contributed by atoms with van der Waals surface area (Å²) in [6.07, 6.45) is 8.81. The third kappa shape index (κ3) is 1.99. The molecule has 4 saturated carbocycles. The summed E-state index contributed by atoms with van der Waals surface area (Å²) in [4.78, 5) is 11.9. The van der Waals surface area contributed by atoms with Crippen molar-refractivity contribution in [2.75, 3.05) is 6.61 Å². The number of fused-ring (bicyclic) bond motifs is 5. The zero-order valence-electron chi connectivity index (χ0n) is 14.7. The van der Waals surface area contributed by atoms with E-state index in [4.69, 9.17) is 0 Å². The molecule has 0 unspecified atom stereocenters. The summed E-state index contributed by atoms with van der Waals surface area (Å²) in [5, 5.41) is 21.3. The molecule has 4 aliphatic rings. The Balaban J connectivity index is 1.67. The molecule has 0 aromatic carbocycles. The van der Waals surface area contributed by atoms with E-state index in [9.17, 15) is 15.0 Å². The van der Waals surface area contributed by atoms with Crippen molar-refractivity contribution in [1.29, 1.82) is 0 Å². The van der Waals surface area contributed by atoms with Gasteiger partial charge in [-0.1, -0.05) is 6.92 Å². The second-order valence-electron chi connectivity index (χ2n) is 9.55. The Morgan fingerprint density at radius 1 is 1.04 bits per heavy atom.